The summed E-state index contributed by atoms with van der Waals surface area (Å²) in [7, 11) is 0. The largest absolute Gasteiger partial charge is 0.463 e. The maximum absolute atomic E-state index is 13.1. The fourth-order valence-electron chi connectivity index (χ4n) is 2.99. The quantitative estimate of drug-likeness (QED) is 0.346. The summed E-state index contributed by atoms with van der Waals surface area (Å²) in [5.41, 5.74) is -0.145. The number of alkyl carbamates (subject to hydrolysis) is 1. The number of ether oxygens (including phenoxy) is 3. The molecule has 0 spiro atoms. The van der Waals surface area contributed by atoms with E-state index in [9.17, 15) is 19.2 Å². The van der Waals surface area contributed by atoms with Gasteiger partial charge in [0.05, 0.1) is 13.0 Å². The number of hydrogen-bond acceptors (Lipinski definition) is 7. The van der Waals surface area contributed by atoms with Gasteiger partial charge in [0.1, 0.15) is 24.8 Å². The number of carbonyl (C=O) groups is 4. The van der Waals surface area contributed by atoms with Crippen molar-refractivity contribution in [2.45, 2.75) is 65.8 Å². The first kappa shape index (κ1) is 29.4. The molecule has 1 atom stereocenters. The number of nitrogens with one attached hydrogen (secondary N) is 2. The smallest absolute Gasteiger partial charge is 0.408 e. The second-order valence-corrected chi connectivity index (χ2v) is 10.4. The van der Waals surface area contributed by atoms with Crippen LogP contribution in [-0.2, 0) is 41.8 Å². The van der Waals surface area contributed by atoms with Crippen molar-refractivity contribution in [1.29, 1.82) is 0 Å². The Bertz CT molecular complexity index is 990. The van der Waals surface area contributed by atoms with E-state index in [0.717, 1.165) is 11.1 Å². The van der Waals surface area contributed by atoms with Crippen LogP contribution in [-0.4, -0.2) is 42.1 Å². The van der Waals surface area contributed by atoms with Crippen molar-refractivity contribution in [3.63, 3.8) is 0 Å². The van der Waals surface area contributed by atoms with E-state index in [-0.39, 0.29) is 25.2 Å². The Balaban J connectivity index is 2.04. The lowest BCUT2D eigenvalue weighted by atomic mass is 9.98. The van der Waals surface area contributed by atoms with Crippen molar-refractivity contribution in [2.75, 3.05) is 6.61 Å². The monoisotopic (exact) mass is 512 g/mol. The summed E-state index contributed by atoms with van der Waals surface area (Å²) in [5, 5.41) is 4.97. The van der Waals surface area contributed by atoms with Gasteiger partial charge in [-0.1, -0.05) is 81.4 Å². The van der Waals surface area contributed by atoms with Crippen LogP contribution >= 0.6 is 0 Å². The third kappa shape index (κ3) is 11.2. The molecule has 0 radical (unpaired) electrons. The number of amides is 2. The molecule has 0 bridgehead atoms. The van der Waals surface area contributed by atoms with E-state index in [2.05, 4.69) is 10.6 Å². The summed E-state index contributed by atoms with van der Waals surface area (Å²) in [6.45, 7) is 8.84. The summed E-state index contributed by atoms with van der Waals surface area (Å²) in [6, 6.07) is 16.7. The predicted octanol–water partition coefficient (Wildman–Crippen LogP) is 3.90. The van der Waals surface area contributed by atoms with E-state index < -0.39 is 41.9 Å². The van der Waals surface area contributed by atoms with E-state index >= 15 is 0 Å². The van der Waals surface area contributed by atoms with E-state index in [4.69, 9.17) is 14.2 Å². The summed E-state index contributed by atoms with van der Waals surface area (Å²) in [4.78, 5) is 50.6. The van der Waals surface area contributed by atoms with Crippen molar-refractivity contribution in [2.24, 2.45) is 5.41 Å². The maximum atomic E-state index is 13.1. The zero-order valence-corrected chi connectivity index (χ0v) is 22.0. The Hall–Kier alpha value is -3.88. The highest BCUT2D eigenvalue weighted by molar-refractivity contribution is 5.93. The van der Waals surface area contributed by atoms with E-state index in [1.165, 1.54) is 13.8 Å². The number of carbonyl (C=O) groups excluding carboxylic acids is 4. The number of benzene rings is 2. The minimum Gasteiger partial charge on any atom is -0.463 e. The van der Waals surface area contributed by atoms with Crippen LogP contribution in [0, 0.1) is 5.41 Å². The van der Waals surface area contributed by atoms with E-state index in [1.807, 2.05) is 45.0 Å². The molecule has 0 heterocycles. The van der Waals surface area contributed by atoms with E-state index in [0.29, 0.717) is 0 Å². The molecular weight excluding hydrogens is 476 g/mol. The molecule has 0 aliphatic carbocycles. The van der Waals surface area contributed by atoms with Gasteiger partial charge >= 0.3 is 18.0 Å². The fraction of sp³-hybridized carbons (Fsp3) is 0.429. The van der Waals surface area contributed by atoms with Gasteiger partial charge in [-0.3, -0.25) is 9.59 Å². The molecule has 2 rings (SSSR count). The second-order valence-electron chi connectivity index (χ2n) is 10.4. The third-order valence-corrected chi connectivity index (χ3v) is 5.02. The lowest BCUT2D eigenvalue weighted by Gasteiger charge is -2.28. The number of esters is 2. The van der Waals surface area contributed by atoms with Crippen LogP contribution in [0.4, 0.5) is 4.79 Å². The summed E-state index contributed by atoms with van der Waals surface area (Å²) in [6.07, 6.45) is -1.36. The Labute approximate surface area is 217 Å². The Kier molecular flexibility index (Phi) is 10.7. The zero-order chi connectivity index (χ0) is 27.5. The maximum Gasteiger partial charge on any atom is 0.408 e. The second kappa shape index (κ2) is 13.4. The summed E-state index contributed by atoms with van der Waals surface area (Å²) < 4.78 is 15.8. The van der Waals surface area contributed by atoms with Crippen molar-refractivity contribution >= 4 is 23.9 Å². The molecule has 0 aromatic heterocycles. The van der Waals surface area contributed by atoms with Crippen LogP contribution < -0.4 is 10.6 Å². The molecule has 2 aromatic carbocycles. The van der Waals surface area contributed by atoms with Gasteiger partial charge in [0.15, 0.2) is 0 Å². The number of rotatable bonds is 11. The Morgan fingerprint density at radius 2 is 1.27 bits per heavy atom. The van der Waals surface area contributed by atoms with Gasteiger partial charge in [-0.2, -0.15) is 0 Å². The topological polar surface area (TPSA) is 120 Å². The molecule has 0 aliphatic heterocycles. The average molecular weight is 513 g/mol. The average Bonchev–Trinajstić information content (AvgIpc) is 2.85. The molecule has 2 amide bonds. The molecule has 2 N–H and O–H groups in total. The Morgan fingerprint density at radius 3 is 1.78 bits per heavy atom. The van der Waals surface area contributed by atoms with Crippen LogP contribution in [0.1, 0.15) is 52.2 Å². The normalized spacial score (nSPS) is 12.1. The first-order valence-corrected chi connectivity index (χ1v) is 12.0. The molecule has 37 heavy (non-hydrogen) atoms. The molecule has 0 fully saturated rings. The molecule has 9 heteroatoms. The van der Waals surface area contributed by atoms with Crippen LogP contribution in [0.2, 0.25) is 0 Å². The van der Waals surface area contributed by atoms with Crippen molar-refractivity contribution in [3.8, 4) is 0 Å². The minimum absolute atomic E-state index is 0.0110. The van der Waals surface area contributed by atoms with Gasteiger partial charge < -0.3 is 24.8 Å². The standard InChI is InChI=1S/C28H36N2O7/c1-27(2,3)19-37-25(33)28(4,5)30-24(32)22(16-23(31)35-17-20-12-8-6-9-13-20)29-26(34)36-18-21-14-10-7-11-15-21/h6-15,22H,16-19H2,1-5H3,(H,29,34)(H,30,32)/t22-/m1/s1. The third-order valence-electron chi connectivity index (χ3n) is 5.02. The first-order chi connectivity index (χ1) is 17.4. The molecule has 200 valence electrons. The van der Waals surface area contributed by atoms with Gasteiger partial charge in [0.25, 0.3) is 0 Å². The highest BCUT2D eigenvalue weighted by Gasteiger charge is 2.36. The molecule has 0 saturated heterocycles. The van der Waals surface area contributed by atoms with Crippen LogP contribution in [0.5, 0.6) is 0 Å². The van der Waals surface area contributed by atoms with Crippen LogP contribution in [0.3, 0.4) is 0 Å². The van der Waals surface area contributed by atoms with Crippen molar-refractivity contribution in [3.05, 3.63) is 71.8 Å². The van der Waals surface area contributed by atoms with Gasteiger partial charge in [-0.25, -0.2) is 9.59 Å². The summed E-state index contributed by atoms with van der Waals surface area (Å²) >= 11 is 0. The van der Waals surface area contributed by atoms with Gasteiger partial charge in [0.2, 0.25) is 5.91 Å². The Morgan fingerprint density at radius 1 is 0.757 bits per heavy atom. The SMILES string of the molecule is CC(C)(C)COC(=O)C(C)(C)NC(=O)[C@@H](CC(=O)OCc1ccccc1)NC(=O)OCc1ccccc1. The molecule has 2 aromatic rings. The summed E-state index contributed by atoms with van der Waals surface area (Å²) in [5.74, 6) is -2.11. The van der Waals surface area contributed by atoms with E-state index in [1.54, 1.807) is 36.4 Å². The lowest BCUT2D eigenvalue weighted by molar-refractivity contribution is -0.155. The predicted molar refractivity (Wildman–Crippen MR) is 137 cm³/mol. The fourth-order valence-corrected chi connectivity index (χ4v) is 2.99. The lowest BCUT2D eigenvalue weighted by Crippen LogP contribution is -2.57. The van der Waals surface area contributed by atoms with Gasteiger partial charge in [-0.05, 0) is 30.4 Å². The van der Waals surface area contributed by atoms with Gasteiger partial charge in [0, 0.05) is 0 Å². The molecule has 0 aliphatic rings. The molecule has 0 unspecified atom stereocenters. The number of hydrogen-bond donors (Lipinski definition) is 2. The van der Waals surface area contributed by atoms with Crippen molar-refractivity contribution < 1.29 is 33.4 Å². The van der Waals surface area contributed by atoms with Crippen molar-refractivity contribution in [1.82, 2.24) is 10.6 Å². The minimum atomic E-state index is -1.41. The first-order valence-electron chi connectivity index (χ1n) is 12.0. The molecule has 0 saturated carbocycles. The van der Waals surface area contributed by atoms with Crippen LogP contribution in [0.25, 0.3) is 0 Å². The zero-order valence-electron chi connectivity index (χ0n) is 22.0. The van der Waals surface area contributed by atoms with Crippen LogP contribution in [0.15, 0.2) is 60.7 Å². The molecule has 9 nitrogen and oxygen atoms in total. The molecular formula is C28H36N2O7. The highest BCUT2D eigenvalue weighted by atomic mass is 16.6. The van der Waals surface area contributed by atoms with Gasteiger partial charge in [-0.15, -0.1) is 0 Å². The highest BCUT2D eigenvalue weighted by Crippen LogP contribution is 2.16.